The first-order valence-electron chi connectivity index (χ1n) is 6.00. The molecule has 0 saturated heterocycles. The van der Waals surface area contributed by atoms with Gasteiger partial charge in [-0.15, -0.1) is 0 Å². The van der Waals surface area contributed by atoms with Crippen molar-refractivity contribution in [2.45, 2.75) is 12.8 Å². The molecule has 0 aliphatic carbocycles. The van der Waals surface area contributed by atoms with Gasteiger partial charge in [0, 0.05) is 6.07 Å². The molecule has 0 fully saturated rings. The second kappa shape index (κ2) is 6.00. The van der Waals surface area contributed by atoms with E-state index in [1.165, 1.54) is 18.2 Å². The van der Waals surface area contributed by atoms with E-state index in [4.69, 9.17) is 4.74 Å². The van der Waals surface area contributed by atoms with Gasteiger partial charge in [0.2, 0.25) is 0 Å². The predicted octanol–water partition coefficient (Wildman–Crippen LogP) is 4.33. The second-order valence-electron chi connectivity index (χ2n) is 4.35. The molecule has 0 saturated carbocycles. The van der Waals surface area contributed by atoms with Gasteiger partial charge in [-0.05, 0) is 29.8 Å². The summed E-state index contributed by atoms with van der Waals surface area (Å²) in [5, 5.41) is 10.6. The van der Waals surface area contributed by atoms with Crippen molar-refractivity contribution < 1.29 is 27.2 Å². The van der Waals surface area contributed by atoms with Gasteiger partial charge in [0.15, 0.2) is 0 Å². The smallest absolute Gasteiger partial charge is 0.423 e. The van der Waals surface area contributed by atoms with Crippen molar-refractivity contribution in [1.29, 1.82) is 0 Å². The van der Waals surface area contributed by atoms with Crippen molar-refractivity contribution >= 4 is 5.69 Å². The average molecular weight is 315 g/mol. The highest BCUT2D eigenvalue weighted by Crippen LogP contribution is 2.38. The van der Waals surface area contributed by atoms with Crippen molar-refractivity contribution in [3.63, 3.8) is 0 Å². The zero-order valence-electron chi connectivity index (χ0n) is 10.9. The molecule has 116 valence electrons. The molecule has 8 heteroatoms. The summed E-state index contributed by atoms with van der Waals surface area (Å²) in [6, 6.07) is 7.71. The van der Waals surface area contributed by atoms with E-state index < -0.39 is 28.2 Å². The van der Waals surface area contributed by atoms with Crippen LogP contribution in [0.5, 0.6) is 5.75 Å². The Kier molecular flexibility index (Phi) is 4.30. The topological polar surface area (TPSA) is 52.4 Å². The van der Waals surface area contributed by atoms with Crippen LogP contribution in [0.25, 0.3) is 0 Å². The van der Waals surface area contributed by atoms with Crippen LogP contribution in [-0.4, -0.2) is 4.92 Å². The molecular formula is C14H9F4NO3. The Morgan fingerprint density at radius 1 is 1.14 bits per heavy atom. The van der Waals surface area contributed by atoms with E-state index in [-0.39, 0.29) is 12.4 Å². The van der Waals surface area contributed by atoms with Gasteiger partial charge in [0.05, 0.1) is 4.92 Å². The van der Waals surface area contributed by atoms with E-state index in [2.05, 4.69) is 0 Å². The lowest BCUT2D eigenvalue weighted by Crippen LogP contribution is -2.09. The maximum absolute atomic E-state index is 13.0. The first kappa shape index (κ1) is 15.7. The Bertz CT molecular complexity index is 701. The van der Waals surface area contributed by atoms with Crippen LogP contribution in [0, 0.1) is 15.9 Å². The van der Waals surface area contributed by atoms with Crippen molar-refractivity contribution in [2.24, 2.45) is 0 Å². The number of benzene rings is 2. The normalized spacial score (nSPS) is 11.3. The fourth-order valence-corrected chi connectivity index (χ4v) is 1.78. The number of halogens is 4. The molecule has 0 radical (unpaired) electrons. The van der Waals surface area contributed by atoms with E-state index in [1.807, 2.05) is 0 Å². The molecule has 2 aromatic carbocycles. The molecular weight excluding hydrogens is 306 g/mol. The molecule has 0 heterocycles. The third kappa shape index (κ3) is 3.72. The van der Waals surface area contributed by atoms with Crippen LogP contribution in [0.1, 0.15) is 11.1 Å². The number of alkyl halides is 3. The van der Waals surface area contributed by atoms with Gasteiger partial charge in [0.1, 0.15) is 23.7 Å². The molecule has 0 aliphatic heterocycles. The van der Waals surface area contributed by atoms with Gasteiger partial charge in [-0.25, -0.2) is 4.39 Å². The van der Waals surface area contributed by atoms with E-state index >= 15 is 0 Å². The lowest BCUT2D eigenvalue weighted by Gasteiger charge is -2.11. The minimum atomic E-state index is -4.87. The highest BCUT2D eigenvalue weighted by molar-refractivity contribution is 5.47. The monoisotopic (exact) mass is 315 g/mol. The Morgan fingerprint density at radius 3 is 2.45 bits per heavy atom. The van der Waals surface area contributed by atoms with Crippen molar-refractivity contribution in [3.8, 4) is 5.75 Å². The van der Waals surface area contributed by atoms with E-state index in [0.29, 0.717) is 11.6 Å². The predicted molar refractivity (Wildman–Crippen MR) is 68.8 cm³/mol. The third-order valence-corrected chi connectivity index (χ3v) is 2.76. The average Bonchev–Trinajstić information content (AvgIpc) is 2.44. The van der Waals surface area contributed by atoms with Crippen LogP contribution in [0.3, 0.4) is 0 Å². The molecule has 2 aromatic rings. The van der Waals surface area contributed by atoms with Gasteiger partial charge in [-0.1, -0.05) is 12.1 Å². The molecule has 0 atom stereocenters. The molecule has 0 unspecified atom stereocenters. The molecule has 22 heavy (non-hydrogen) atoms. The summed E-state index contributed by atoms with van der Waals surface area (Å²) in [4.78, 5) is 9.51. The number of hydrogen-bond donors (Lipinski definition) is 0. The fraction of sp³-hybridized carbons (Fsp3) is 0.143. The van der Waals surface area contributed by atoms with Gasteiger partial charge < -0.3 is 4.74 Å². The number of nitro groups is 1. The van der Waals surface area contributed by atoms with Crippen molar-refractivity contribution in [1.82, 2.24) is 0 Å². The van der Waals surface area contributed by atoms with Crippen molar-refractivity contribution in [2.75, 3.05) is 0 Å². The molecule has 0 bridgehead atoms. The summed E-state index contributed by atoms with van der Waals surface area (Å²) in [6.45, 7) is -0.160. The summed E-state index contributed by atoms with van der Waals surface area (Å²) < 4.78 is 56.5. The molecule has 0 amide bonds. The summed E-state index contributed by atoms with van der Waals surface area (Å²) in [5.41, 5.74) is -2.02. The number of hydrogen-bond acceptors (Lipinski definition) is 3. The number of nitro benzene ring substituents is 1. The molecule has 0 spiro atoms. The minimum absolute atomic E-state index is 0.160. The number of ether oxygens (including phenoxy) is 1. The molecule has 0 aromatic heterocycles. The first-order chi connectivity index (χ1) is 10.3. The lowest BCUT2D eigenvalue weighted by atomic mass is 10.1. The second-order valence-corrected chi connectivity index (χ2v) is 4.35. The molecule has 2 rings (SSSR count). The summed E-state index contributed by atoms with van der Waals surface area (Å²) in [5.74, 6) is -0.692. The lowest BCUT2D eigenvalue weighted by molar-refractivity contribution is -0.388. The maximum Gasteiger partial charge on any atom is 0.423 e. The quantitative estimate of drug-likeness (QED) is 0.479. The van der Waals surface area contributed by atoms with Crippen molar-refractivity contribution in [3.05, 3.63) is 69.5 Å². The summed E-state index contributed by atoms with van der Waals surface area (Å²) >= 11 is 0. The molecule has 0 N–H and O–H groups in total. The molecule has 4 nitrogen and oxygen atoms in total. The summed E-state index contributed by atoms with van der Waals surface area (Å²) in [6.07, 6.45) is -4.87. The largest absolute Gasteiger partial charge is 0.489 e. The Morgan fingerprint density at radius 2 is 1.86 bits per heavy atom. The zero-order chi connectivity index (χ0) is 16.3. The molecule has 0 aliphatic rings. The number of nitrogens with zero attached hydrogens (tertiary/aromatic N) is 1. The van der Waals surface area contributed by atoms with E-state index in [0.717, 1.165) is 12.1 Å². The standard InChI is InChI=1S/C14H9F4NO3/c15-10-3-1-2-9(6-10)8-22-11-4-5-13(19(20)21)12(7-11)14(16,17)18/h1-7H,8H2. The number of rotatable bonds is 4. The van der Waals surface area contributed by atoms with Crippen LogP contribution in [0.4, 0.5) is 23.2 Å². The zero-order valence-corrected chi connectivity index (χ0v) is 10.9. The Hall–Kier alpha value is -2.64. The van der Waals surface area contributed by atoms with Gasteiger partial charge >= 0.3 is 6.18 Å². The van der Waals surface area contributed by atoms with Gasteiger partial charge in [0.25, 0.3) is 5.69 Å². The third-order valence-electron chi connectivity index (χ3n) is 2.76. The highest BCUT2D eigenvalue weighted by Gasteiger charge is 2.38. The Balaban J connectivity index is 2.24. The summed E-state index contributed by atoms with van der Waals surface area (Å²) in [7, 11) is 0. The first-order valence-corrected chi connectivity index (χ1v) is 6.00. The van der Waals surface area contributed by atoms with Crippen LogP contribution in [0.15, 0.2) is 42.5 Å². The SMILES string of the molecule is O=[N+]([O-])c1ccc(OCc2cccc(F)c2)cc1C(F)(F)F. The highest BCUT2D eigenvalue weighted by atomic mass is 19.4. The van der Waals surface area contributed by atoms with Gasteiger partial charge in [-0.2, -0.15) is 13.2 Å². The van der Waals surface area contributed by atoms with E-state index in [9.17, 15) is 27.7 Å². The fourth-order valence-electron chi connectivity index (χ4n) is 1.78. The van der Waals surface area contributed by atoms with Crippen LogP contribution in [-0.2, 0) is 12.8 Å². The van der Waals surface area contributed by atoms with Crippen LogP contribution >= 0.6 is 0 Å². The Labute approximate surface area is 122 Å². The van der Waals surface area contributed by atoms with Crippen LogP contribution < -0.4 is 4.74 Å². The maximum atomic E-state index is 13.0. The van der Waals surface area contributed by atoms with Gasteiger partial charge in [-0.3, -0.25) is 10.1 Å². The van der Waals surface area contributed by atoms with E-state index in [1.54, 1.807) is 6.07 Å². The van der Waals surface area contributed by atoms with Crippen LogP contribution in [0.2, 0.25) is 0 Å². The minimum Gasteiger partial charge on any atom is -0.489 e.